The molecule has 0 bridgehead atoms. The molecule has 1 heterocycles. The van der Waals surface area contributed by atoms with E-state index in [9.17, 15) is 9.18 Å². The zero-order valence-corrected chi connectivity index (χ0v) is 12.6. The van der Waals surface area contributed by atoms with Gasteiger partial charge in [-0.05, 0) is 44.6 Å². The highest BCUT2D eigenvalue weighted by Gasteiger charge is 2.28. The second-order valence-electron chi connectivity index (χ2n) is 5.49. The summed E-state index contributed by atoms with van der Waals surface area (Å²) in [6.07, 6.45) is 1.19. The van der Waals surface area contributed by atoms with E-state index >= 15 is 0 Å². The zero-order chi connectivity index (χ0) is 15.2. The summed E-state index contributed by atoms with van der Waals surface area (Å²) in [6, 6.07) is 6.30. The second-order valence-corrected chi connectivity index (χ2v) is 5.49. The minimum atomic E-state index is -0.261. The summed E-state index contributed by atoms with van der Waals surface area (Å²) in [7, 11) is 1.88. The third-order valence-corrected chi connectivity index (χ3v) is 3.67. The molecular formula is C16H23FN2O2. The van der Waals surface area contributed by atoms with Gasteiger partial charge in [-0.15, -0.1) is 0 Å². The van der Waals surface area contributed by atoms with Gasteiger partial charge in [-0.1, -0.05) is 12.1 Å². The molecule has 1 saturated heterocycles. The predicted molar refractivity (Wildman–Crippen MR) is 79.4 cm³/mol. The first-order chi connectivity index (χ1) is 10.1. The van der Waals surface area contributed by atoms with E-state index in [2.05, 4.69) is 5.32 Å². The lowest BCUT2D eigenvalue weighted by atomic mass is 10.1. The summed E-state index contributed by atoms with van der Waals surface area (Å²) in [6.45, 7) is 3.96. The first-order valence-corrected chi connectivity index (χ1v) is 7.43. The molecule has 0 aliphatic carbocycles. The molecule has 1 aliphatic heterocycles. The Morgan fingerprint density at radius 2 is 2.10 bits per heavy atom. The molecule has 1 N–H and O–H groups in total. The summed E-state index contributed by atoms with van der Waals surface area (Å²) >= 11 is 0. The van der Waals surface area contributed by atoms with Crippen molar-refractivity contribution in [2.75, 3.05) is 26.7 Å². The van der Waals surface area contributed by atoms with Crippen LogP contribution in [0.3, 0.4) is 0 Å². The maximum Gasteiger partial charge on any atom is 0.222 e. The minimum Gasteiger partial charge on any atom is -0.367 e. The summed E-state index contributed by atoms with van der Waals surface area (Å²) < 4.78 is 18.9. The van der Waals surface area contributed by atoms with Crippen molar-refractivity contribution in [3.8, 4) is 0 Å². The number of nitrogens with zero attached hydrogens (tertiary/aromatic N) is 1. The molecule has 0 radical (unpaired) electrons. The summed E-state index contributed by atoms with van der Waals surface area (Å²) in [4.78, 5) is 14.1. The van der Waals surface area contributed by atoms with E-state index in [-0.39, 0.29) is 23.9 Å². The summed E-state index contributed by atoms with van der Waals surface area (Å²) in [5.74, 6) is -0.102. The second kappa shape index (κ2) is 7.52. The Hall–Kier alpha value is -1.46. The highest BCUT2D eigenvalue weighted by molar-refractivity contribution is 5.76. The zero-order valence-electron chi connectivity index (χ0n) is 12.6. The number of amides is 1. The number of benzene rings is 1. The molecule has 1 aromatic rings. The Morgan fingerprint density at radius 1 is 1.38 bits per heavy atom. The van der Waals surface area contributed by atoms with Crippen LogP contribution in [0.15, 0.2) is 24.3 Å². The largest absolute Gasteiger partial charge is 0.367 e. The van der Waals surface area contributed by atoms with Gasteiger partial charge in [0.25, 0.3) is 0 Å². The van der Waals surface area contributed by atoms with Crippen LogP contribution in [0.5, 0.6) is 0 Å². The van der Waals surface area contributed by atoms with Crippen molar-refractivity contribution in [2.24, 2.45) is 0 Å². The van der Waals surface area contributed by atoms with E-state index in [1.807, 2.05) is 18.9 Å². The van der Waals surface area contributed by atoms with E-state index in [0.29, 0.717) is 19.5 Å². The van der Waals surface area contributed by atoms with Gasteiger partial charge in [0.1, 0.15) is 11.9 Å². The molecule has 0 aromatic heterocycles. The van der Waals surface area contributed by atoms with Gasteiger partial charge in [0.05, 0.1) is 12.6 Å². The van der Waals surface area contributed by atoms with E-state index in [4.69, 9.17) is 4.74 Å². The van der Waals surface area contributed by atoms with Crippen LogP contribution < -0.4 is 5.32 Å². The lowest BCUT2D eigenvalue weighted by molar-refractivity contribution is -0.145. The van der Waals surface area contributed by atoms with E-state index < -0.39 is 0 Å². The van der Waals surface area contributed by atoms with Gasteiger partial charge in [0, 0.05) is 13.0 Å². The number of hydrogen-bond acceptors (Lipinski definition) is 3. The van der Waals surface area contributed by atoms with Crippen LogP contribution in [-0.2, 0) is 9.53 Å². The molecule has 2 rings (SSSR count). The topological polar surface area (TPSA) is 41.6 Å². The molecule has 1 fully saturated rings. The minimum absolute atomic E-state index is 0.0120. The van der Waals surface area contributed by atoms with Crippen molar-refractivity contribution in [3.05, 3.63) is 35.6 Å². The smallest absolute Gasteiger partial charge is 0.222 e. The molecule has 1 aliphatic rings. The number of rotatable bonds is 5. The van der Waals surface area contributed by atoms with Gasteiger partial charge in [0.2, 0.25) is 5.91 Å². The first kappa shape index (κ1) is 15.9. The quantitative estimate of drug-likeness (QED) is 0.846. The number of nitrogens with one attached hydrogen (secondary N) is 1. The van der Waals surface area contributed by atoms with E-state index in [0.717, 1.165) is 18.5 Å². The Morgan fingerprint density at radius 3 is 2.76 bits per heavy atom. The summed E-state index contributed by atoms with van der Waals surface area (Å²) in [5, 5.41) is 3.04. The van der Waals surface area contributed by atoms with Crippen molar-refractivity contribution in [2.45, 2.75) is 32.0 Å². The Balaban J connectivity index is 1.98. The third kappa shape index (κ3) is 4.51. The average molecular weight is 294 g/mol. The van der Waals surface area contributed by atoms with Crippen LogP contribution in [-0.4, -0.2) is 43.6 Å². The molecule has 5 heteroatoms. The monoisotopic (exact) mass is 294 g/mol. The molecule has 0 spiro atoms. The fraction of sp³-hybridized carbons (Fsp3) is 0.562. The van der Waals surface area contributed by atoms with Crippen LogP contribution in [0.25, 0.3) is 0 Å². The lowest BCUT2D eigenvalue weighted by Crippen LogP contribution is -2.46. The molecule has 116 valence electrons. The van der Waals surface area contributed by atoms with Crippen LogP contribution in [0, 0.1) is 5.82 Å². The maximum absolute atomic E-state index is 13.0. The molecular weight excluding hydrogens is 271 g/mol. The highest BCUT2D eigenvalue weighted by atomic mass is 19.1. The molecule has 0 saturated carbocycles. The Bertz CT molecular complexity index is 464. The maximum atomic E-state index is 13.0. The van der Waals surface area contributed by atoms with Crippen molar-refractivity contribution in [3.63, 3.8) is 0 Å². The van der Waals surface area contributed by atoms with Crippen LogP contribution in [0.4, 0.5) is 4.39 Å². The van der Waals surface area contributed by atoms with Gasteiger partial charge in [0.15, 0.2) is 0 Å². The number of morpholine rings is 1. The molecule has 1 amide bonds. The van der Waals surface area contributed by atoms with Crippen LogP contribution in [0.2, 0.25) is 0 Å². The van der Waals surface area contributed by atoms with E-state index in [1.165, 1.54) is 12.1 Å². The highest BCUT2D eigenvalue weighted by Crippen LogP contribution is 2.25. The number of carbonyl (C=O) groups is 1. The van der Waals surface area contributed by atoms with Crippen molar-refractivity contribution in [1.82, 2.24) is 10.2 Å². The Labute approximate surface area is 125 Å². The SMILES string of the molecule is CNCCCC(=O)N1CC(C)OC(c2ccc(F)cc2)C1. The van der Waals surface area contributed by atoms with Crippen molar-refractivity contribution >= 4 is 5.91 Å². The van der Waals surface area contributed by atoms with Gasteiger partial charge in [-0.25, -0.2) is 4.39 Å². The standard InChI is InChI=1S/C16H23FN2O2/c1-12-10-19(16(20)4-3-9-18-2)11-15(21-12)13-5-7-14(17)8-6-13/h5-8,12,15,18H,3-4,9-11H2,1-2H3. The molecule has 4 nitrogen and oxygen atoms in total. The van der Waals surface area contributed by atoms with Crippen molar-refractivity contribution < 1.29 is 13.9 Å². The third-order valence-electron chi connectivity index (χ3n) is 3.67. The average Bonchev–Trinajstić information content (AvgIpc) is 2.47. The molecule has 2 atom stereocenters. The van der Waals surface area contributed by atoms with E-state index in [1.54, 1.807) is 12.1 Å². The van der Waals surface area contributed by atoms with Gasteiger partial charge in [-0.3, -0.25) is 4.79 Å². The lowest BCUT2D eigenvalue weighted by Gasteiger charge is -2.37. The fourth-order valence-electron chi connectivity index (χ4n) is 2.59. The fourth-order valence-corrected chi connectivity index (χ4v) is 2.59. The summed E-state index contributed by atoms with van der Waals surface area (Å²) in [5.41, 5.74) is 0.913. The first-order valence-electron chi connectivity index (χ1n) is 7.43. The van der Waals surface area contributed by atoms with Crippen molar-refractivity contribution in [1.29, 1.82) is 0 Å². The van der Waals surface area contributed by atoms with Gasteiger partial charge in [-0.2, -0.15) is 0 Å². The van der Waals surface area contributed by atoms with Gasteiger partial charge >= 0.3 is 0 Å². The number of ether oxygens (including phenoxy) is 1. The molecule has 2 unspecified atom stereocenters. The molecule has 1 aromatic carbocycles. The normalized spacial score (nSPS) is 22.3. The predicted octanol–water partition coefficient (Wildman–Crippen LogP) is 2.11. The number of hydrogen-bond donors (Lipinski definition) is 1. The number of halogens is 1. The van der Waals surface area contributed by atoms with Gasteiger partial charge < -0.3 is 15.0 Å². The van der Waals surface area contributed by atoms with Crippen LogP contribution in [0.1, 0.15) is 31.4 Å². The van der Waals surface area contributed by atoms with Crippen LogP contribution >= 0.6 is 0 Å². The molecule has 21 heavy (non-hydrogen) atoms. The Kier molecular flexibility index (Phi) is 5.70. The number of carbonyl (C=O) groups excluding carboxylic acids is 1.